The Morgan fingerprint density at radius 1 is 0.913 bits per heavy atom. The number of rotatable bonds is 2. The Morgan fingerprint density at radius 3 is 2.35 bits per heavy atom. The van der Waals surface area contributed by atoms with Crippen molar-refractivity contribution in [1.82, 2.24) is 19.6 Å². The minimum absolute atomic E-state index is 0.577. The summed E-state index contributed by atoms with van der Waals surface area (Å²) in [6.45, 7) is 2.07. The summed E-state index contributed by atoms with van der Waals surface area (Å²) in [6.07, 6.45) is 1.52. The van der Waals surface area contributed by atoms with Crippen LogP contribution in [-0.4, -0.2) is 19.6 Å². The lowest BCUT2D eigenvalue weighted by molar-refractivity contribution is 0.949. The van der Waals surface area contributed by atoms with Gasteiger partial charge in [0.05, 0.1) is 11.4 Å². The molecule has 0 aliphatic heterocycles. The Hall–Kier alpha value is -2.72. The smallest absolute Gasteiger partial charge is 0.211 e. The second kappa shape index (κ2) is 5.48. The summed E-state index contributed by atoms with van der Waals surface area (Å²) in [5, 5.41) is 4.99. The Balaban J connectivity index is 1.94. The fraction of sp³-hybridized carbons (Fsp3) is 0.0556. The molecule has 23 heavy (non-hydrogen) atoms. The molecule has 0 unspecified atom stereocenters. The molecule has 0 saturated heterocycles. The summed E-state index contributed by atoms with van der Waals surface area (Å²) in [5.41, 5.74) is 5.09. The molecule has 0 N–H and O–H groups in total. The van der Waals surface area contributed by atoms with Gasteiger partial charge in [0.25, 0.3) is 5.78 Å². The Bertz CT molecular complexity index is 972. The number of fused-ring (bicyclic) bond motifs is 1. The lowest BCUT2D eigenvalue weighted by Crippen LogP contribution is -1.98. The highest BCUT2D eigenvalue weighted by Gasteiger charge is 2.11. The molecule has 0 spiro atoms. The van der Waals surface area contributed by atoms with Crippen LogP contribution in [0, 0.1) is 6.92 Å². The number of nitrogens with zero attached hydrogens (tertiary/aromatic N) is 4. The molecule has 4 aromatic rings. The monoisotopic (exact) mass is 320 g/mol. The van der Waals surface area contributed by atoms with E-state index in [4.69, 9.17) is 11.6 Å². The molecule has 0 aliphatic rings. The number of benzene rings is 2. The first-order chi connectivity index (χ1) is 11.2. The third-order valence-corrected chi connectivity index (χ3v) is 3.99. The minimum atomic E-state index is 0.577. The van der Waals surface area contributed by atoms with Crippen LogP contribution in [0.25, 0.3) is 28.3 Å². The molecule has 4 rings (SSSR count). The van der Waals surface area contributed by atoms with Gasteiger partial charge in [-0.05, 0) is 25.1 Å². The second-order valence-corrected chi connectivity index (χ2v) is 5.81. The van der Waals surface area contributed by atoms with Gasteiger partial charge in [0, 0.05) is 16.1 Å². The lowest BCUT2D eigenvalue weighted by Gasteiger charge is -2.08. The van der Waals surface area contributed by atoms with Crippen molar-refractivity contribution in [2.75, 3.05) is 0 Å². The van der Waals surface area contributed by atoms with Gasteiger partial charge in [-0.1, -0.05) is 53.6 Å². The zero-order valence-electron chi connectivity index (χ0n) is 12.4. The Labute approximate surface area is 138 Å². The average Bonchev–Trinajstić information content (AvgIpc) is 3.04. The van der Waals surface area contributed by atoms with Crippen molar-refractivity contribution in [3.05, 3.63) is 71.5 Å². The summed E-state index contributed by atoms with van der Waals surface area (Å²) in [4.78, 5) is 8.83. The second-order valence-electron chi connectivity index (χ2n) is 5.37. The van der Waals surface area contributed by atoms with Gasteiger partial charge in [-0.3, -0.25) is 0 Å². The molecule has 0 atom stereocenters. The predicted molar refractivity (Wildman–Crippen MR) is 91.4 cm³/mol. The summed E-state index contributed by atoms with van der Waals surface area (Å²) < 4.78 is 1.75. The molecule has 2 aromatic carbocycles. The summed E-state index contributed by atoms with van der Waals surface area (Å²) >= 11 is 5.97. The van der Waals surface area contributed by atoms with E-state index in [-0.39, 0.29) is 0 Å². The van der Waals surface area contributed by atoms with Crippen molar-refractivity contribution in [1.29, 1.82) is 0 Å². The molecular formula is C18H13ClN4. The zero-order chi connectivity index (χ0) is 15.8. The number of halogens is 1. The van der Waals surface area contributed by atoms with E-state index in [1.54, 1.807) is 4.52 Å². The van der Waals surface area contributed by atoms with Crippen LogP contribution in [0.1, 0.15) is 5.56 Å². The van der Waals surface area contributed by atoms with Crippen molar-refractivity contribution in [2.24, 2.45) is 0 Å². The number of aromatic nitrogens is 4. The number of hydrogen-bond donors (Lipinski definition) is 0. The summed E-state index contributed by atoms with van der Waals surface area (Å²) in [6, 6.07) is 18.0. The first-order valence-corrected chi connectivity index (χ1v) is 7.62. The molecular weight excluding hydrogens is 308 g/mol. The van der Waals surface area contributed by atoms with Crippen LogP contribution in [0.3, 0.4) is 0 Å². The minimum Gasteiger partial charge on any atom is -0.211 e. The van der Waals surface area contributed by atoms with E-state index in [0.717, 1.165) is 22.5 Å². The molecule has 2 heterocycles. The molecule has 4 nitrogen and oxygen atoms in total. The summed E-state index contributed by atoms with van der Waals surface area (Å²) in [7, 11) is 0. The quantitative estimate of drug-likeness (QED) is 0.549. The maximum absolute atomic E-state index is 5.97. The van der Waals surface area contributed by atoms with Crippen LogP contribution >= 0.6 is 11.6 Å². The highest BCUT2D eigenvalue weighted by Crippen LogP contribution is 2.26. The highest BCUT2D eigenvalue weighted by atomic mass is 35.5. The zero-order valence-corrected chi connectivity index (χ0v) is 13.2. The molecule has 2 aromatic heterocycles. The SMILES string of the molecule is Cc1ccc(-c2cc(-c3ccc(Cl)cc3)nc3ncnn23)cc1. The molecule has 0 radical (unpaired) electrons. The maximum Gasteiger partial charge on any atom is 0.253 e. The predicted octanol–water partition coefficient (Wildman–Crippen LogP) is 4.42. The van der Waals surface area contributed by atoms with Crippen molar-refractivity contribution >= 4 is 17.4 Å². The highest BCUT2D eigenvalue weighted by molar-refractivity contribution is 6.30. The molecule has 0 saturated carbocycles. The van der Waals surface area contributed by atoms with Crippen molar-refractivity contribution in [2.45, 2.75) is 6.92 Å². The maximum atomic E-state index is 5.97. The van der Waals surface area contributed by atoms with E-state index < -0.39 is 0 Å². The fourth-order valence-electron chi connectivity index (χ4n) is 2.51. The molecule has 0 amide bonds. The van der Waals surface area contributed by atoms with Crippen molar-refractivity contribution < 1.29 is 0 Å². The lowest BCUT2D eigenvalue weighted by atomic mass is 10.1. The average molecular weight is 321 g/mol. The molecule has 5 heteroatoms. The Kier molecular flexibility index (Phi) is 3.32. The van der Waals surface area contributed by atoms with Gasteiger partial charge in [0.2, 0.25) is 0 Å². The first kappa shape index (κ1) is 13.9. The summed E-state index contributed by atoms with van der Waals surface area (Å²) in [5.74, 6) is 0.577. The van der Waals surface area contributed by atoms with Crippen LogP contribution in [0.2, 0.25) is 5.02 Å². The van der Waals surface area contributed by atoms with Crippen LogP contribution in [0.4, 0.5) is 0 Å². The number of hydrogen-bond acceptors (Lipinski definition) is 3. The van der Waals surface area contributed by atoms with Gasteiger partial charge in [-0.25, -0.2) is 4.98 Å². The van der Waals surface area contributed by atoms with Crippen LogP contribution in [0.15, 0.2) is 60.9 Å². The van der Waals surface area contributed by atoms with E-state index in [9.17, 15) is 0 Å². The van der Waals surface area contributed by atoms with Crippen molar-refractivity contribution in [3.63, 3.8) is 0 Å². The first-order valence-electron chi connectivity index (χ1n) is 7.24. The third kappa shape index (κ3) is 2.58. The number of aryl methyl sites for hydroxylation is 1. The van der Waals surface area contributed by atoms with Gasteiger partial charge in [-0.15, -0.1) is 0 Å². The van der Waals surface area contributed by atoms with Crippen LogP contribution in [0.5, 0.6) is 0 Å². The molecule has 0 bridgehead atoms. The Morgan fingerprint density at radius 2 is 1.61 bits per heavy atom. The van der Waals surface area contributed by atoms with Gasteiger partial charge >= 0.3 is 0 Å². The molecule has 0 aliphatic carbocycles. The van der Waals surface area contributed by atoms with E-state index >= 15 is 0 Å². The van der Waals surface area contributed by atoms with Gasteiger partial charge in [0.1, 0.15) is 6.33 Å². The van der Waals surface area contributed by atoms with Crippen molar-refractivity contribution in [3.8, 4) is 22.5 Å². The largest absolute Gasteiger partial charge is 0.253 e. The van der Waals surface area contributed by atoms with Crippen LogP contribution < -0.4 is 0 Å². The fourth-order valence-corrected chi connectivity index (χ4v) is 2.64. The van der Waals surface area contributed by atoms with E-state index in [2.05, 4.69) is 46.3 Å². The van der Waals surface area contributed by atoms with Gasteiger partial charge < -0.3 is 0 Å². The molecule has 112 valence electrons. The standard InChI is InChI=1S/C18H13ClN4/c1-12-2-4-14(5-3-12)17-10-16(13-6-8-15(19)9-7-13)22-18-20-11-21-23(17)18/h2-11H,1H3. The van der Waals surface area contributed by atoms with Gasteiger partial charge in [0.15, 0.2) is 0 Å². The van der Waals surface area contributed by atoms with E-state index in [1.165, 1.54) is 11.9 Å². The van der Waals surface area contributed by atoms with E-state index in [0.29, 0.717) is 10.8 Å². The van der Waals surface area contributed by atoms with Crippen LogP contribution in [-0.2, 0) is 0 Å². The molecule has 0 fully saturated rings. The van der Waals surface area contributed by atoms with Gasteiger partial charge in [-0.2, -0.15) is 14.6 Å². The third-order valence-electron chi connectivity index (χ3n) is 3.74. The van der Waals surface area contributed by atoms with E-state index in [1.807, 2.05) is 30.3 Å². The topological polar surface area (TPSA) is 43.1 Å². The normalized spacial score (nSPS) is 11.0.